The van der Waals surface area contributed by atoms with Crippen molar-refractivity contribution in [2.75, 3.05) is 30.8 Å². The Kier molecular flexibility index (Phi) is 3.34. The number of aromatic nitrogens is 2. The summed E-state index contributed by atoms with van der Waals surface area (Å²) < 4.78 is 5.30. The van der Waals surface area contributed by atoms with Crippen molar-refractivity contribution in [3.63, 3.8) is 0 Å². The fourth-order valence-corrected chi connectivity index (χ4v) is 1.64. The van der Waals surface area contributed by atoms with Gasteiger partial charge in [0.05, 0.1) is 12.4 Å². The van der Waals surface area contributed by atoms with E-state index in [1.807, 2.05) is 0 Å². The van der Waals surface area contributed by atoms with E-state index >= 15 is 0 Å². The summed E-state index contributed by atoms with van der Waals surface area (Å²) >= 11 is 0. The first kappa shape index (κ1) is 10.2. The number of ether oxygens (including phenoxy) is 1. The zero-order valence-electron chi connectivity index (χ0n) is 8.65. The van der Waals surface area contributed by atoms with Crippen molar-refractivity contribution in [1.29, 1.82) is 0 Å². The second-order valence-corrected chi connectivity index (χ2v) is 3.77. The average molecular weight is 208 g/mol. The lowest BCUT2D eigenvalue weighted by molar-refractivity contribution is 0.185. The summed E-state index contributed by atoms with van der Waals surface area (Å²) in [5, 5.41) is 3.21. The lowest BCUT2D eigenvalue weighted by atomic mass is 10.1. The first-order valence-corrected chi connectivity index (χ1v) is 5.24. The molecule has 5 nitrogen and oxygen atoms in total. The lowest BCUT2D eigenvalue weighted by Crippen LogP contribution is -2.10. The van der Waals surface area contributed by atoms with Gasteiger partial charge >= 0.3 is 0 Å². The Morgan fingerprint density at radius 1 is 1.47 bits per heavy atom. The maximum atomic E-state index is 5.44. The molecule has 82 valence electrons. The summed E-state index contributed by atoms with van der Waals surface area (Å²) in [6.07, 6.45) is 5.50. The molecule has 1 aliphatic heterocycles. The molecule has 0 saturated carbocycles. The van der Waals surface area contributed by atoms with Gasteiger partial charge in [0.1, 0.15) is 11.6 Å². The number of nitrogen functional groups attached to an aromatic ring is 1. The van der Waals surface area contributed by atoms with Gasteiger partial charge in [-0.25, -0.2) is 9.97 Å². The van der Waals surface area contributed by atoms with Crippen LogP contribution in [0.2, 0.25) is 0 Å². The maximum Gasteiger partial charge on any atom is 0.144 e. The molecule has 1 aromatic heterocycles. The van der Waals surface area contributed by atoms with Gasteiger partial charge < -0.3 is 15.8 Å². The Hall–Kier alpha value is -1.36. The van der Waals surface area contributed by atoms with Crippen LogP contribution in [0.5, 0.6) is 0 Å². The van der Waals surface area contributed by atoms with Gasteiger partial charge in [0, 0.05) is 19.8 Å². The Morgan fingerprint density at radius 2 is 2.40 bits per heavy atom. The van der Waals surface area contributed by atoms with E-state index in [0.29, 0.717) is 11.7 Å². The van der Waals surface area contributed by atoms with Gasteiger partial charge in [-0.3, -0.25) is 0 Å². The zero-order chi connectivity index (χ0) is 10.5. The molecule has 15 heavy (non-hydrogen) atoms. The third-order valence-electron chi connectivity index (χ3n) is 2.55. The SMILES string of the molecule is Nc1cnc(NCCC2CCOC2)cn1. The van der Waals surface area contributed by atoms with E-state index in [2.05, 4.69) is 15.3 Å². The van der Waals surface area contributed by atoms with E-state index in [0.717, 1.165) is 32.0 Å². The summed E-state index contributed by atoms with van der Waals surface area (Å²) in [4.78, 5) is 8.07. The third-order valence-corrected chi connectivity index (χ3v) is 2.55. The largest absolute Gasteiger partial charge is 0.382 e. The van der Waals surface area contributed by atoms with Crippen LogP contribution in [-0.2, 0) is 4.74 Å². The molecule has 0 aliphatic carbocycles. The summed E-state index contributed by atoms with van der Waals surface area (Å²) in [6.45, 7) is 2.72. The minimum absolute atomic E-state index is 0.449. The fourth-order valence-electron chi connectivity index (χ4n) is 1.64. The fraction of sp³-hybridized carbons (Fsp3) is 0.600. The van der Waals surface area contributed by atoms with Gasteiger partial charge in [-0.15, -0.1) is 0 Å². The van der Waals surface area contributed by atoms with Crippen molar-refractivity contribution in [2.45, 2.75) is 12.8 Å². The van der Waals surface area contributed by atoms with Crippen LogP contribution in [0.3, 0.4) is 0 Å². The standard InChI is InChI=1S/C10H16N4O/c11-9-5-14-10(6-13-9)12-3-1-8-2-4-15-7-8/h5-6,8H,1-4,7H2,(H2,11,13)(H,12,14). The molecule has 0 radical (unpaired) electrons. The molecule has 0 spiro atoms. The third kappa shape index (κ3) is 3.06. The van der Waals surface area contributed by atoms with E-state index in [9.17, 15) is 0 Å². The predicted octanol–water partition coefficient (Wildman–Crippen LogP) is 0.897. The van der Waals surface area contributed by atoms with Crippen molar-refractivity contribution in [3.05, 3.63) is 12.4 Å². The molecule has 1 saturated heterocycles. The number of anilines is 2. The zero-order valence-corrected chi connectivity index (χ0v) is 8.65. The lowest BCUT2D eigenvalue weighted by Gasteiger charge is -2.08. The molecule has 2 rings (SSSR count). The molecule has 1 fully saturated rings. The molecule has 5 heteroatoms. The normalized spacial score (nSPS) is 20.4. The number of hydrogen-bond donors (Lipinski definition) is 2. The minimum atomic E-state index is 0.449. The molecular weight excluding hydrogens is 192 g/mol. The first-order valence-electron chi connectivity index (χ1n) is 5.24. The molecule has 1 atom stereocenters. The Morgan fingerprint density at radius 3 is 3.07 bits per heavy atom. The molecule has 1 unspecified atom stereocenters. The van der Waals surface area contributed by atoms with Crippen molar-refractivity contribution in [2.24, 2.45) is 5.92 Å². The number of rotatable bonds is 4. The molecule has 0 aromatic carbocycles. The van der Waals surface area contributed by atoms with Gasteiger partial charge in [-0.1, -0.05) is 0 Å². The van der Waals surface area contributed by atoms with Gasteiger partial charge in [-0.05, 0) is 18.8 Å². The highest BCUT2D eigenvalue weighted by Crippen LogP contribution is 2.16. The highest BCUT2D eigenvalue weighted by Gasteiger charge is 2.14. The van der Waals surface area contributed by atoms with Crippen molar-refractivity contribution in [1.82, 2.24) is 9.97 Å². The molecule has 3 N–H and O–H groups in total. The summed E-state index contributed by atoms with van der Waals surface area (Å²) in [5.41, 5.74) is 5.44. The number of hydrogen-bond acceptors (Lipinski definition) is 5. The summed E-state index contributed by atoms with van der Waals surface area (Å²) in [6, 6.07) is 0. The quantitative estimate of drug-likeness (QED) is 0.769. The van der Waals surface area contributed by atoms with Crippen molar-refractivity contribution >= 4 is 11.6 Å². The Bertz CT molecular complexity index is 295. The monoisotopic (exact) mass is 208 g/mol. The van der Waals surface area contributed by atoms with Crippen LogP contribution in [0.1, 0.15) is 12.8 Å². The summed E-state index contributed by atoms with van der Waals surface area (Å²) in [7, 11) is 0. The average Bonchev–Trinajstić information content (AvgIpc) is 2.74. The molecule has 0 bridgehead atoms. The van der Waals surface area contributed by atoms with Crippen LogP contribution >= 0.6 is 0 Å². The second-order valence-electron chi connectivity index (χ2n) is 3.77. The molecular formula is C10H16N4O. The molecule has 1 aliphatic rings. The topological polar surface area (TPSA) is 73.1 Å². The number of nitrogens with one attached hydrogen (secondary N) is 1. The van der Waals surface area contributed by atoms with E-state index in [-0.39, 0.29) is 0 Å². The van der Waals surface area contributed by atoms with Gasteiger partial charge in [0.25, 0.3) is 0 Å². The van der Waals surface area contributed by atoms with Gasteiger partial charge in [0.2, 0.25) is 0 Å². The molecule has 2 heterocycles. The van der Waals surface area contributed by atoms with Crippen LogP contribution in [0.25, 0.3) is 0 Å². The van der Waals surface area contributed by atoms with Gasteiger partial charge in [-0.2, -0.15) is 0 Å². The molecule has 1 aromatic rings. The Labute approximate surface area is 89.1 Å². The first-order chi connectivity index (χ1) is 7.34. The van der Waals surface area contributed by atoms with E-state index in [1.165, 1.54) is 6.42 Å². The highest BCUT2D eigenvalue weighted by molar-refractivity contribution is 5.35. The van der Waals surface area contributed by atoms with Crippen LogP contribution in [0.15, 0.2) is 12.4 Å². The smallest absolute Gasteiger partial charge is 0.144 e. The van der Waals surface area contributed by atoms with Crippen LogP contribution in [-0.4, -0.2) is 29.7 Å². The number of nitrogens with zero attached hydrogens (tertiary/aromatic N) is 2. The number of nitrogens with two attached hydrogens (primary N) is 1. The highest BCUT2D eigenvalue weighted by atomic mass is 16.5. The van der Waals surface area contributed by atoms with Crippen LogP contribution in [0.4, 0.5) is 11.6 Å². The Balaban J connectivity index is 1.71. The maximum absolute atomic E-state index is 5.44. The van der Waals surface area contributed by atoms with E-state index < -0.39 is 0 Å². The minimum Gasteiger partial charge on any atom is -0.382 e. The van der Waals surface area contributed by atoms with E-state index in [4.69, 9.17) is 10.5 Å². The van der Waals surface area contributed by atoms with Crippen molar-refractivity contribution < 1.29 is 4.74 Å². The second kappa shape index (κ2) is 4.93. The van der Waals surface area contributed by atoms with Gasteiger partial charge in [0.15, 0.2) is 0 Å². The summed E-state index contributed by atoms with van der Waals surface area (Å²) in [5.74, 6) is 1.92. The molecule has 0 amide bonds. The van der Waals surface area contributed by atoms with Crippen LogP contribution in [0, 0.1) is 5.92 Å². The van der Waals surface area contributed by atoms with Crippen LogP contribution < -0.4 is 11.1 Å². The van der Waals surface area contributed by atoms with E-state index in [1.54, 1.807) is 12.4 Å². The predicted molar refractivity (Wildman–Crippen MR) is 58.5 cm³/mol. The van der Waals surface area contributed by atoms with Crippen molar-refractivity contribution in [3.8, 4) is 0 Å².